The van der Waals surface area contributed by atoms with Gasteiger partial charge >= 0.3 is 0 Å². The van der Waals surface area contributed by atoms with Crippen LogP contribution in [0.4, 0.5) is 0 Å². The van der Waals surface area contributed by atoms with Crippen LogP contribution in [0.5, 0.6) is 5.75 Å². The Labute approximate surface area is 113 Å². The molecule has 3 rings (SSSR count). The van der Waals surface area contributed by atoms with E-state index in [4.69, 9.17) is 10.5 Å². The van der Waals surface area contributed by atoms with Crippen molar-refractivity contribution in [2.24, 2.45) is 5.73 Å². The van der Waals surface area contributed by atoms with Gasteiger partial charge in [0, 0.05) is 0 Å². The molecule has 0 radical (unpaired) electrons. The van der Waals surface area contributed by atoms with Crippen LogP contribution in [-0.4, -0.2) is 23.0 Å². The first-order valence-corrected chi connectivity index (χ1v) is 6.49. The number of aromatic nitrogens is 2. The number of imidazole rings is 1. The zero-order valence-corrected chi connectivity index (χ0v) is 11.0. The Morgan fingerprint density at radius 1 is 1.42 bits per heavy atom. The van der Waals surface area contributed by atoms with E-state index in [-0.39, 0.29) is 0 Å². The molecule has 2 aromatic heterocycles. The maximum absolute atomic E-state index is 11.4. The van der Waals surface area contributed by atoms with E-state index in [0.29, 0.717) is 28.2 Å². The minimum atomic E-state index is -0.503. The molecule has 0 saturated heterocycles. The molecule has 0 spiro atoms. The summed E-state index contributed by atoms with van der Waals surface area (Å²) >= 11 is 1.57. The molecule has 1 aromatic carbocycles. The SMILES string of the molecule is COc1ccc(C(N)=O)c2nc(-c3cccs3)[nH]c12. The average Bonchev–Trinajstić information content (AvgIpc) is 3.05. The second-order valence-corrected chi connectivity index (χ2v) is 4.91. The third kappa shape index (κ3) is 1.86. The molecule has 0 aliphatic heterocycles. The van der Waals surface area contributed by atoms with Crippen LogP contribution in [0.2, 0.25) is 0 Å². The van der Waals surface area contributed by atoms with Gasteiger partial charge in [0.05, 0.1) is 17.6 Å². The summed E-state index contributed by atoms with van der Waals surface area (Å²) in [5.74, 6) is 0.837. The maximum atomic E-state index is 11.4. The summed E-state index contributed by atoms with van der Waals surface area (Å²) in [4.78, 5) is 20.1. The number of H-pyrrole nitrogens is 1. The normalized spacial score (nSPS) is 10.8. The number of nitrogens with zero attached hydrogens (tertiary/aromatic N) is 1. The Kier molecular flexibility index (Phi) is 2.72. The summed E-state index contributed by atoms with van der Waals surface area (Å²) in [5.41, 5.74) is 6.97. The Morgan fingerprint density at radius 3 is 2.89 bits per heavy atom. The number of nitrogens with two attached hydrogens (primary N) is 1. The fourth-order valence-corrected chi connectivity index (χ4v) is 2.64. The summed E-state index contributed by atoms with van der Waals surface area (Å²) in [5, 5.41) is 1.97. The number of carbonyl (C=O) groups excluding carboxylic acids is 1. The van der Waals surface area contributed by atoms with Crippen molar-refractivity contribution in [3.05, 3.63) is 35.2 Å². The quantitative estimate of drug-likeness (QED) is 0.768. The van der Waals surface area contributed by atoms with Crippen LogP contribution in [0, 0.1) is 0 Å². The van der Waals surface area contributed by atoms with Gasteiger partial charge in [-0.3, -0.25) is 4.79 Å². The third-order valence-electron chi connectivity index (χ3n) is 2.85. The number of amides is 1. The van der Waals surface area contributed by atoms with E-state index in [1.54, 1.807) is 30.6 Å². The molecule has 0 aliphatic carbocycles. The van der Waals surface area contributed by atoms with Crippen molar-refractivity contribution >= 4 is 28.3 Å². The molecule has 0 unspecified atom stereocenters. The Bertz CT molecular complexity index is 747. The van der Waals surface area contributed by atoms with Crippen molar-refractivity contribution in [2.75, 3.05) is 7.11 Å². The Morgan fingerprint density at radius 2 is 2.26 bits per heavy atom. The van der Waals surface area contributed by atoms with Gasteiger partial charge < -0.3 is 15.5 Å². The third-order valence-corrected chi connectivity index (χ3v) is 3.72. The highest BCUT2D eigenvalue weighted by Gasteiger charge is 2.16. The molecule has 6 heteroatoms. The van der Waals surface area contributed by atoms with E-state index in [1.807, 2.05) is 17.5 Å². The highest BCUT2D eigenvalue weighted by Crippen LogP contribution is 2.31. The van der Waals surface area contributed by atoms with Gasteiger partial charge in [0.25, 0.3) is 5.91 Å². The van der Waals surface area contributed by atoms with E-state index >= 15 is 0 Å². The monoisotopic (exact) mass is 273 g/mol. The van der Waals surface area contributed by atoms with Gasteiger partial charge in [-0.15, -0.1) is 11.3 Å². The zero-order chi connectivity index (χ0) is 13.4. The standard InChI is InChI=1S/C13H11N3O2S/c1-18-8-5-4-7(12(14)17)10-11(8)16-13(15-10)9-3-2-6-19-9/h2-6H,1H3,(H2,14,17)(H,15,16). The number of fused-ring (bicyclic) bond motifs is 1. The molecular weight excluding hydrogens is 262 g/mol. The van der Waals surface area contributed by atoms with Crippen LogP contribution < -0.4 is 10.5 Å². The summed E-state index contributed by atoms with van der Waals surface area (Å²) in [7, 11) is 1.57. The lowest BCUT2D eigenvalue weighted by atomic mass is 10.1. The lowest BCUT2D eigenvalue weighted by molar-refractivity contribution is 0.100. The fourth-order valence-electron chi connectivity index (χ4n) is 1.97. The number of thiophene rings is 1. The second-order valence-electron chi connectivity index (χ2n) is 3.97. The summed E-state index contributed by atoms with van der Waals surface area (Å²) < 4.78 is 5.27. The molecule has 0 fully saturated rings. The average molecular weight is 273 g/mol. The zero-order valence-electron chi connectivity index (χ0n) is 10.1. The number of methoxy groups -OCH3 is 1. The van der Waals surface area contributed by atoms with Crippen molar-refractivity contribution in [2.45, 2.75) is 0 Å². The molecule has 3 N–H and O–H groups in total. The van der Waals surface area contributed by atoms with Crippen LogP contribution in [0.15, 0.2) is 29.6 Å². The largest absolute Gasteiger partial charge is 0.494 e. The van der Waals surface area contributed by atoms with Gasteiger partial charge in [-0.25, -0.2) is 4.98 Å². The van der Waals surface area contributed by atoms with E-state index < -0.39 is 5.91 Å². The van der Waals surface area contributed by atoms with Gasteiger partial charge in [0.1, 0.15) is 22.6 Å². The predicted octanol–water partition coefficient (Wildman–Crippen LogP) is 2.40. The van der Waals surface area contributed by atoms with E-state index in [9.17, 15) is 4.79 Å². The molecule has 0 saturated carbocycles. The minimum absolute atomic E-state index is 0.384. The van der Waals surface area contributed by atoms with E-state index in [0.717, 1.165) is 4.88 Å². The van der Waals surface area contributed by atoms with Crippen LogP contribution >= 0.6 is 11.3 Å². The first kappa shape index (κ1) is 11.7. The molecule has 3 aromatic rings. The highest BCUT2D eigenvalue weighted by molar-refractivity contribution is 7.13. The lowest BCUT2D eigenvalue weighted by Gasteiger charge is -2.02. The van der Waals surface area contributed by atoms with Gasteiger partial charge in [-0.1, -0.05) is 6.07 Å². The Balaban J connectivity index is 2.30. The smallest absolute Gasteiger partial charge is 0.250 e. The summed E-state index contributed by atoms with van der Waals surface area (Å²) in [6, 6.07) is 7.24. The van der Waals surface area contributed by atoms with Crippen LogP contribution in [-0.2, 0) is 0 Å². The molecule has 0 bridgehead atoms. The van der Waals surface area contributed by atoms with Gasteiger partial charge in [0.2, 0.25) is 0 Å². The Hall–Kier alpha value is -2.34. The number of ether oxygens (including phenoxy) is 1. The first-order valence-electron chi connectivity index (χ1n) is 5.61. The van der Waals surface area contributed by atoms with E-state index in [2.05, 4.69) is 9.97 Å². The number of rotatable bonds is 3. The maximum Gasteiger partial charge on any atom is 0.250 e. The summed E-state index contributed by atoms with van der Waals surface area (Å²) in [6.45, 7) is 0. The number of hydrogen-bond donors (Lipinski definition) is 2. The van der Waals surface area contributed by atoms with Crippen molar-refractivity contribution in [3.8, 4) is 16.5 Å². The van der Waals surface area contributed by atoms with Crippen molar-refractivity contribution < 1.29 is 9.53 Å². The molecule has 2 heterocycles. The lowest BCUT2D eigenvalue weighted by Crippen LogP contribution is -2.11. The molecular formula is C13H11N3O2S. The molecule has 1 amide bonds. The highest BCUT2D eigenvalue weighted by atomic mass is 32.1. The number of carbonyl (C=O) groups is 1. The molecule has 0 atom stereocenters. The topological polar surface area (TPSA) is 81.0 Å². The number of primary amides is 1. The van der Waals surface area contributed by atoms with Crippen molar-refractivity contribution in [3.63, 3.8) is 0 Å². The van der Waals surface area contributed by atoms with Crippen molar-refractivity contribution in [1.82, 2.24) is 9.97 Å². The number of aromatic amines is 1. The molecule has 0 aliphatic rings. The minimum Gasteiger partial charge on any atom is -0.494 e. The number of benzene rings is 1. The van der Waals surface area contributed by atoms with Crippen molar-refractivity contribution in [1.29, 1.82) is 0 Å². The number of hydrogen-bond acceptors (Lipinski definition) is 4. The summed E-state index contributed by atoms with van der Waals surface area (Å²) in [6.07, 6.45) is 0. The first-order chi connectivity index (χ1) is 9.20. The molecule has 5 nitrogen and oxygen atoms in total. The molecule has 96 valence electrons. The van der Waals surface area contributed by atoms with E-state index in [1.165, 1.54) is 0 Å². The van der Waals surface area contributed by atoms with Gasteiger partial charge in [-0.05, 0) is 23.6 Å². The fraction of sp³-hybridized carbons (Fsp3) is 0.0769. The predicted molar refractivity (Wildman–Crippen MR) is 74.5 cm³/mol. The second kappa shape index (κ2) is 4.40. The number of nitrogens with one attached hydrogen (secondary N) is 1. The van der Waals surface area contributed by atoms with Gasteiger partial charge in [-0.2, -0.15) is 0 Å². The van der Waals surface area contributed by atoms with Crippen LogP contribution in [0.25, 0.3) is 21.7 Å². The molecule has 19 heavy (non-hydrogen) atoms. The van der Waals surface area contributed by atoms with Crippen LogP contribution in [0.1, 0.15) is 10.4 Å². The van der Waals surface area contributed by atoms with Crippen LogP contribution in [0.3, 0.4) is 0 Å². The van der Waals surface area contributed by atoms with Gasteiger partial charge in [0.15, 0.2) is 0 Å².